The molecule has 3 rings (SSSR count). The molecule has 28 heavy (non-hydrogen) atoms. The number of carbonyl (C=O) groups is 1. The topological polar surface area (TPSA) is 68.2 Å². The summed E-state index contributed by atoms with van der Waals surface area (Å²) in [5.41, 5.74) is -0.636. The maximum Gasteiger partial charge on any atom is 0.416 e. The number of alkyl halides is 3. The number of Topliss-reactive ketones (excluding diaryl/α,β-unsaturated/α-hetero) is 1. The number of sulfonamides is 1. The van der Waals surface area contributed by atoms with Gasteiger partial charge in [-0.1, -0.05) is 12.1 Å². The third-order valence-corrected chi connectivity index (χ3v) is 5.40. The Morgan fingerprint density at radius 2 is 1.61 bits per heavy atom. The zero-order valence-electron chi connectivity index (χ0n) is 14.6. The summed E-state index contributed by atoms with van der Waals surface area (Å²) in [5, 5.41) is 0. The standard InChI is InChI=1S/C19H15F3N2O3S/c1-13(25)14-4-7-16(8-5-14)28(26,27)23-17-12-15(19(20,21)22)6-9-18(17)24-10-2-3-11-24/h2-12,23H,1H3. The highest BCUT2D eigenvalue weighted by atomic mass is 32.2. The van der Waals surface area contributed by atoms with Crippen LogP contribution in [-0.2, 0) is 16.2 Å². The number of aromatic nitrogens is 1. The van der Waals surface area contributed by atoms with Crippen LogP contribution in [0.1, 0.15) is 22.8 Å². The summed E-state index contributed by atoms with van der Waals surface area (Å²) in [5.74, 6) is -0.232. The molecule has 0 aliphatic carbocycles. The van der Waals surface area contributed by atoms with E-state index in [4.69, 9.17) is 0 Å². The molecule has 9 heteroatoms. The number of nitrogens with one attached hydrogen (secondary N) is 1. The minimum atomic E-state index is -4.63. The minimum absolute atomic E-state index is 0.173. The van der Waals surface area contributed by atoms with Crippen LogP contribution in [0, 0.1) is 0 Å². The number of rotatable bonds is 5. The lowest BCUT2D eigenvalue weighted by molar-refractivity contribution is -0.137. The summed E-state index contributed by atoms with van der Waals surface area (Å²) < 4.78 is 68.4. The van der Waals surface area contributed by atoms with Gasteiger partial charge in [0.15, 0.2) is 5.78 Å². The Labute approximate surface area is 159 Å². The highest BCUT2D eigenvalue weighted by molar-refractivity contribution is 7.92. The molecule has 0 amide bonds. The van der Waals surface area contributed by atoms with E-state index in [1.54, 1.807) is 24.5 Å². The lowest BCUT2D eigenvalue weighted by atomic mass is 10.1. The van der Waals surface area contributed by atoms with E-state index in [0.29, 0.717) is 5.56 Å². The third-order valence-electron chi connectivity index (χ3n) is 4.02. The van der Waals surface area contributed by atoms with Crippen LogP contribution in [0.15, 0.2) is 71.9 Å². The van der Waals surface area contributed by atoms with Crippen LogP contribution in [0.3, 0.4) is 0 Å². The van der Waals surface area contributed by atoms with Crippen molar-refractivity contribution < 1.29 is 26.4 Å². The average molecular weight is 408 g/mol. The Balaban J connectivity index is 2.05. The van der Waals surface area contributed by atoms with E-state index in [0.717, 1.165) is 12.1 Å². The number of benzene rings is 2. The molecular formula is C19H15F3N2O3S. The van der Waals surface area contributed by atoms with Crippen LogP contribution in [0.2, 0.25) is 0 Å². The molecule has 0 bridgehead atoms. The number of halogens is 3. The summed E-state index contributed by atoms with van der Waals surface area (Å²) in [6.07, 6.45) is -1.46. The molecule has 2 aromatic carbocycles. The van der Waals surface area contributed by atoms with Crippen molar-refractivity contribution >= 4 is 21.5 Å². The van der Waals surface area contributed by atoms with Crippen LogP contribution in [0.5, 0.6) is 0 Å². The molecule has 1 aromatic heterocycles. The summed E-state index contributed by atoms with van der Waals surface area (Å²) in [6.45, 7) is 1.34. The molecule has 3 aromatic rings. The molecule has 146 valence electrons. The molecular weight excluding hydrogens is 393 g/mol. The van der Waals surface area contributed by atoms with Crippen LogP contribution in [0.4, 0.5) is 18.9 Å². The second kappa shape index (κ2) is 7.16. The quantitative estimate of drug-likeness (QED) is 0.632. The van der Waals surface area contributed by atoms with Crippen molar-refractivity contribution in [2.75, 3.05) is 4.72 Å². The Morgan fingerprint density at radius 1 is 1.00 bits per heavy atom. The van der Waals surface area contributed by atoms with Gasteiger partial charge < -0.3 is 4.57 Å². The van der Waals surface area contributed by atoms with Gasteiger partial charge >= 0.3 is 6.18 Å². The van der Waals surface area contributed by atoms with Gasteiger partial charge in [-0.3, -0.25) is 9.52 Å². The van der Waals surface area contributed by atoms with E-state index >= 15 is 0 Å². The molecule has 0 spiro atoms. The molecule has 0 saturated carbocycles. The fourth-order valence-electron chi connectivity index (χ4n) is 2.59. The first-order chi connectivity index (χ1) is 13.1. The summed E-state index contributed by atoms with van der Waals surface area (Å²) in [4.78, 5) is 11.2. The molecule has 0 fully saturated rings. The van der Waals surface area contributed by atoms with Crippen LogP contribution in [-0.4, -0.2) is 18.8 Å². The second-order valence-electron chi connectivity index (χ2n) is 6.01. The summed E-state index contributed by atoms with van der Waals surface area (Å²) in [7, 11) is -4.17. The monoisotopic (exact) mass is 408 g/mol. The molecule has 1 N–H and O–H groups in total. The molecule has 0 saturated heterocycles. The number of ketones is 1. The van der Waals surface area contributed by atoms with Crippen molar-refractivity contribution in [3.8, 4) is 5.69 Å². The van der Waals surface area contributed by atoms with Gasteiger partial charge in [-0.05, 0) is 49.4 Å². The zero-order valence-corrected chi connectivity index (χ0v) is 15.4. The fraction of sp³-hybridized carbons (Fsp3) is 0.105. The van der Waals surface area contributed by atoms with E-state index < -0.39 is 21.8 Å². The molecule has 0 aliphatic heterocycles. The largest absolute Gasteiger partial charge is 0.416 e. The molecule has 0 atom stereocenters. The van der Waals surface area contributed by atoms with E-state index in [-0.39, 0.29) is 22.1 Å². The smallest absolute Gasteiger partial charge is 0.322 e. The second-order valence-corrected chi connectivity index (χ2v) is 7.69. The Bertz CT molecular complexity index is 1100. The first-order valence-corrected chi connectivity index (χ1v) is 9.55. The molecule has 0 radical (unpaired) electrons. The van der Waals surface area contributed by atoms with Crippen molar-refractivity contribution in [2.24, 2.45) is 0 Å². The van der Waals surface area contributed by atoms with Gasteiger partial charge in [-0.2, -0.15) is 13.2 Å². The Hall–Kier alpha value is -3.07. The Morgan fingerprint density at radius 3 is 2.14 bits per heavy atom. The predicted octanol–water partition coefficient (Wildman–Crippen LogP) is 4.50. The van der Waals surface area contributed by atoms with Crippen molar-refractivity contribution in [2.45, 2.75) is 18.0 Å². The van der Waals surface area contributed by atoms with Gasteiger partial charge in [-0.25, -0.2) is 8.42 Å². The van der Waals surface area contributed by atoms with Crippen LogP contribution in [0.25, 0.3) is 5.69 Å². The van der Waals surface area contributed by atoms with E-state index in [2.05, 4.69) is 4.72 Å². The van der Waals surface area contributed by atoms with Crippen molar-refractivity contribution in [3.63, 3.8) is 0 Å². The van der Waals surface area contributed by atoms with Crippen molar-refractivity contribution in [1.82, 2.24) is 4.57 Å². The lowest BCUT2D eigenvalue weighted by Crippen LogP contribution is -2.16. The van der Waals surface area contributed by atoms with Gasteiger partial charge in [0.25, 0.3) is 10.0 Å². The summed E-state index contributed by atoms with van der Waals surface area (Å²) in [6, 6.07) is 11.3. The SMILES string of the molecule is CC(=O)c1ccc(S(=O)(=O)Nc2cc(C(F)(F)F)ccc2-n2cccc2)cc1. The predicted molar refractivity (Wildman–Crippen MR) is 98.0 cm³/mol. The highest BCUT2D eigenvalue weighted by Gasteiger charge is 2.31. The van der Waals surface area contributed by atoms with Crippen LogP contribution < -0.4 is 4.72 Å². The number of hydrogen-bond acceptors (Lipinski definition) is 3. The van der Waals surface area contributed by atoms with E-state index in [1.165, 1.54) is 41.8 Å². The van der Waals surface area contributed by atoms with Gasteiger partial charge in [0.2, 0.25) is 0 Å². The Kier molecular flexibility index (Phi) is 5.03. The van der Waals surface area contributed by atoms with Crippen LogP contribution >= 0.6 is 0 Å². The zero-order chi connectivity index (χ0) is 20.5. The summed E-state index contributed by atoms with van der Waals surface area (Å²) >= 11 is 0. The first-order valence-electron chi connectivity index (χ1n) is 8.06. The fourth-order valence-corrected chi connectivity index (χ4v) is 3.65. The number of carbonyl (C=O) groups excluding carboxylic acids is 1. The molecule has 0 aliphatic rings. The minimum Gasteiger partial charge on any atom is -0.322 e. The van der Waals surface area contributed by atoms with Gasteiger partial charge in [-0.15, -0.1) is 0 Å². The molecule has 1 heterocycles. The molecule has 0 unspecified atom stereocenters. The normalized spacial score (nSPS) is 12.0. The van der Waals surface area contributed by atoms with Crippen molar-refractivity contribution in [3.05, 3.63) is 78.1 Å². The maximum absolute atomic E-state index is 13.1. The number of nitrogens with zero attached hydrogens (tertiary/aromatic N) is 1. The average Bonchev–Trinajstić information content (AvgIpc) is 3.15. The van der Waals surface area contributed by atoms with Gasteiger partial charge in [0, 0.05) is 18.0 Å². The van der Waals surface area contributed by atoms with Gasteiger partial charge in [0.05, 0.1) is 21.8 Å². The number of anilines is 1. The number of hydrogen-bond donors (Lipinski definition) is 1. The maximum atomic E-state index is 13.1. The third kappa shape index (κ3) is 4.09. The molecule has 5 nitrogen and oxygen atoms in total. The first kappa shape index (κ1) is 19.7. The van der Waals surface area contributed by atoms with Gasteiger partial charge in [0.1, 0.15) is 0 Å². The van der Waals surface area contributed by atoms with Crippen molar-refractivity contribution in [1.29, 1.82) is 0 Å². The van der Waals surface area contributed by atoms with E-state index in [9.17, 15) is 26.4 Å². The van der Waals surface area contributed by atoms with E-state index in [1.807, 2.05) is 0 Å². The lowest BCUT2D eigenvalue weighted by Gasteiger charge is -2.16. The highest BCUT2D eigenvalue weighted by Crippen LogP contribution is 2.34.